The molecule has 0 spiro atoms. The number of benzene rings is 2. The molecule has 4 nitrogen and oxygen atoms in total. The number of rotatable bonds is 7. The Morgan fingerprint density at radius 3 is 2.52 bits per heavy atom. The predicted octanol–water partition coefficient (Wildman–Crippen LogP) is 6.35. The molecule has 3 aromatic rings. The Hall–Kier alpha value is -1.69. The number of nitrogens with zero attached hydrogens (tertiary/aromatic N) is 3. The Bertz CT molecular complexity index is 912. The lowest BCUT2D eigenvalue weighted by atomic mass is 10.2. The Morgan fingerprint density at radius 1 is 1.11 bits per heavy atom. The highest BCUT2D eigenvalue weighted by atomic mass is 35.5. The molecule has 1 atom stereocenters. The highest BCUT2D eigenvalue weighted by molar-refractivity contribution is 7.98. The molecule has 0 aliphatic rings. The van der Waals surface area contributed by atoms with Gasteiger partial charge in [-0.25, -0.2) is 0 Å². The molecule has 0 fully saturated rings. The molecule has 0 radical (unpaired) electrons. The summed E-state index contributed by atoms with van der Waals surface area (Å²) >= 11 is 13.7. The van der Waals surface area contributed by atoms with Gasteiger partial charge in [-0.3, -0.25) is 0 Å². The van der Waals surface area contributed by atoms with Crippen LogP contribution in [0.3, 0.4) is 0 Å². The van der Waals surface area contributed by atoms with Crippen molar-refractivity contribution in [1.82, 2.24) is 14.8 Å². The first kappa shape index (κ1) is 20.1. The second-order valence-electron chi connectivity index (χ2n) is 6.17. The first-order valence-electron chi connectivity index (χ1n) is 8.71. The molecule has 2 aromatic carbocycles. The Labute approximate surface area is 173 Å². The van der Waals surface area contributed by atoms with Crippen molar-refractivity contribution in [2.45, 2.75) is 44.3 Å². The minimum absolute atomic E-state index is 0.220. The molecule has 0 aliphatic heterocycles. The van der Waals surface area contributed by atoms with Crippen LogP contribution < -0.4 is 4.74 Å². The van der Waals surface area contributed by atoms with Crippen molar-refractivity contribution in [2.24, 2.45) is 0 Å². The molecular weight excluding hydrogens is 401 g/mol. The van der Waals surface area contributed by atoms with E-state index in [1.807, 2.05) is 56.3 Å². The molecule has 0 saturated carbocycles. The van der Waals surface area contributed by atoms with E-state index in [9.17, 15) is 0 Å². The quantitative estimate of drug-likeness (QED) is 0.416. The highest BCUT2D eigenvalue weighted by Crippen LogP contribution is 2.28. The minimum atomic E-state index is -0.220. The van der Waals surface area contributed by atoms with Gasteiger partial charge in [0.1, 0.15) is 5.75 Å². The zero-order chi connectivity index (χ0) is 19.4. The summed E-state index contributed by atoms with van der Waals surface area (Å²) in [7, 11) is 0. The van der Waals surface area contributed by atoms with Gasteiger partial charge < -0.3 is 9.30 Å². The largest absolute Gasteiger partial charge is 0.483 e. The molecule has 3 rings (SSSR count). The summed E-state index contributed by atoms with van der Waals surface area (Å²) < 4.78 is 8.15. The lowest BCUT2D eigenvalue weighted by molar-refractivity contribution is 0.210. The molecule has 27 heavy (non-hydrogen) atoms. The van der Waals surface area contributed by atoms with Gasteiger partial charge in [0.05, 0.1) is 0 Å². The molecule has 0 N–H and O–H groups in total. The number of aromatic nitrogens is 3. The maximum Gasteiger partial charge on any atom is 0.191 e. The summed E-state index contributed by atoms with van der Waals surface area (Å²) in [6, 6.07) is 13.5. The van der Waals surface area contributed by atoms with E-state index in [2.05, 4.69) is 21.7 Å². The van der Waals surface area contributed by atoms with Crippen LogP contribution in [-0.2, 0) is 12.3 Å². The summed E-state index contributed by atoms with van der Waals surface area (Å²) in [6.45, 7) is 6.80. The predicted molar refractivity (Wildman–Crippen MR) is 112 cm³/mol. The third kappa shape index (κ3) is 4.98. The van der Waals surface area contributed by atoms with Crippen LogP contribution in [0.25, 0.3) is 0 Å². The van der Waals surface area contributed by atoms with E-state index < -0.39 is 0 Å². The van der Waals surface area contributed by atoms with Crippen LogP contribution in [0, 0.1) is 6.92 Å². The monoisotopic (exact) mass is 421 g/mol. The fourth-order valence-electron chi connectivity index (χ4n) is 2.68. The van der Waals surface area contributed by atoms with Crippen LogP contribution in [0.1, 0.15) is 36.9 Å². The van der Waals surface area contributed by atoms with Gasteiger partial charge in [-0.15, -0.1) is 10.2 Å². The summed E-state index contributed by atoms with van der Waals surface area (Å²) in [5.74, 6) is 2.38. The fourth-order valence-corrected chi connectivity index (χ4v) is 3.89. The van der Waals surface area contributed by atoms with Gasteiger partial charge in [0.2, 0.25) is 0 Å². The van der Waals surface area contributed by atoms with Crippen LogP contribution >= 0.6 is 35.0 Å². The maximum atomic E-state index is 6.09. The van der Waals surface area contributed by atoms with Crippen LogP contribution in [0.2, 0.25) is 10.0 Å². The first-order valence-corrected chi connectivity index (χ1v) is 10.4. The molecule has 0 bridgehead atoms. The van der Waals surface area contributed by atoms with E-state index in [0.29, 0.717) is 0 Å². The topological polar surface area (TPSA) is 39.9 Å². The zero-order valence-corrected chi connectivity index (χ0v) is 17.8. The fraction of sp³-hybridized carbons (Fsp3) is 0.300. The number of halogens is 2. The first-order chi connectivity index (χ1) is 13.0. The normalized spacial score (nSPS) is 12.2. The van der Waals surface area contributed by atoms with Crippen LogP contribution in [0.4, 0.5) is 0 Å². The molecule has 1 unspecified atom stereocenters. The Morgan fingerprint density at radius 2 is 1.85 bits per heavy atom. The number of ether oxygens (including phenoxy) is 1. The number of hydrogen-bond acceptors (Lipinski definition) is 4. The van der Waals surface area contributed by atoms with Crippen molar-refractivity contribution < 1.29 is 4.74 Å². The van der Waals surface area contributed by atoms with E-state index in [1.165, 1.54) is 5.56 Å². The van der Waals surface area contributed by atoms with E-state index >= 15 is 0 Å². The third-order valence-electron chi connectivity index (χ3n) is 4.15. The summed E-state index contributed by atoms with van der Waals surface area (Å²) in [5, 5.41) is 11.1. The Balaban J connectivity index is 1.72. The number of thioether (sulfide) groups is 1. The number of hydrogen-bond donors (Lipinski definition) is 0. The molecule has 7 heteroatoms. The van der Waals surface area contributed by atoms with Gasteiger partial charge in [0.15, 0.2) is 17.1 Å². The molecule has 142 valence electrons. The average molecular weight is 422 g/mol. The summed E-state index contributed by atoms with van der Waals surface area (Å²) in [5.41, 5.74) is 2.18. The molecule has 1 aromatic heterocycles. The standard InChI is InChI=1S/C20H21Cl2N3OS/c1-4-25-19(14(3)26-17-9-10-18(22)13(2)11-17)23-24-20(25)27-12-15-5-7-16(21)8-6-15/h5-11,14H,4,12H2,1-3H3. The van der Waals surface area contributed by atoms with Gasteiger partial charge in [0.25, 0.3) is 0 Å². The molecule has 0 saturated heterocycles. The van der Waals surface area contributed by atoms with Crippen LogP contribution in [0.15, 0.2) is 47.6 Å². The van der Waals surface area contributed by atoms with Gasteiger partial charge in [-0.1, -0.05) is 47.1 Å². The SMILES string of the molecule is CCn1c(SCc2ccc(Cl)cc2)nnc1C(C)Oc1ccc(Cl)c(C)c1. The van der Waals surface area contributed by atoms with Gasteiger partial charge in [0, 0.05) is 22.3 Å². The van der Waals surface area contributed by atoms with Crippen molar-refractivity contribution in [2.75, 3.05) is 0 Å². The average Bonchev–Trinajstić information content (AvgIpc) is 3.07. The summed E-state index contributed by atoms with van der Waals surface area (Å²) in [4.78, 5) is 0. The highest BCUT2D eigenvalue weighted by Gasteiger charge is 2.19. The van der Waals surface area contributed by atoms with Crippen molar-refractivity contribution in [3.63, 3.8) is 0 Å². The lowest BCUT2D eigenvalue weighted by Crippen LogP contribution is -2.12. The molecule has 1 heterocycles. The van der Waals surface area contributed by atoms with E-state index in [1.54, 1.807) is 11.8 Å². The van der Waals surface area contributed by atoms with Crippen LogP contribution in [0.5, 0.6) is 5.75 Å². The molecule has 0 amide bonds. The smallest absolute Gasteiger partial charge is 0.191 e. The summed E-state index contributed by atoms with van der Waals surface area (Å²) in [6.07, 6.45) is -0.220. The van der Waals surface area contributed by atoms with Crippen molar-refractivity contribution in [1.29, 1.82) is 0 Å². The van der Waals surface area contributed by atoms with Gasteiger partial charge in [-0.2, -0.15) is 0 Å². The molecule has 0 aliphatic carbocycles. The van der Waals surface area contributed by atoms with E-state index in [4.69, 9.17) is 27.9 Å². The minimum Gasteiger partial charge on any atom is -0.483 e. The van der Waals surface area contributed by atoms with Crippen molar-refractivity contribution in [3.05, 3.63) is 69.5 Å². The lowest BCUT2D eigenvalue weighted by Gasteiger charge is -2.16. The maximum absolute atomic E-state index is 6.09. The zero-order valence-electron chi connectivity index (χ0n) is 15.4. The second-order valence-corrected chi connectivity index (χ2v) is 7.96. The number of aryl methyl sites for hydroxylation is 1. The van der Waals surface area contributed by atoms with Gasteiger partial charge >= 0.3 is 0 Å². The van der Waals surface area contributed by atoms with Crippen molar-refractivity contribution >= 4 is 35.0 Å². The van der Waals surface area contributed by atoms with Crippen LogP contribution in [-0.4, -0.2) is 14.8 Å². The third-order valence-corrected chi connectivity index (χ3v) is 5.86. The second kappa shape index (κ2) is 9.00. The van der Waals surface area contributed by atoms with Crippen molar-refractivity contribution in [3.8, 4) is 5.75 Å². The van der Waals surface area contributed by atoms with Gasteiger partial charge in [-0.05, 0) is 62.2 Å². The Kier molecular flexibility index (Phi) is 6.68. The van der Waals surface area contributed by atoms with E-state index in [-0.39, 0.29) is 6.10 Å². The molecular formula is C20H21Cl2N3OS. The van der Waals surface area contributed by atoms with E-state index in [0.717, 1.165) is 44.6 Å².